The molecule has 4 heteroatoms. The topological polar surface area (TPSA) is 56.7 Å². The maximum atomic E-state index is 6.05. The molecule has 1 aliphatic heterocycles. The van der Waals surface area contributed by atoms with Gasteiger partial charge in [-0.3, -0.25) is 0 Å². The first-order valence-corrected chi connectivity index (χ1v) is 6.37. The lowest BCUT2D eigenvalue weighted by molar-refractivity contribution is 0.399. The molecule has 2 unspecified atom stereocenters. The van der Waals surface area contributed by atoms with Crippen molar-refractivity contribution in [2.45, 2.75) is 58.5 Å². The Morgan fingerprint density at radius 3 is 3.06 bits per heavy atom. The zero-order valence-corrected chi connectivity index (χ0v) is 10.3. The Kier molecular flexibility index (Phi) is 3.59. The van der Waals surface area contributed by atoms with Crippen LogP contribution in [0.4, 0.5) is 0 Å². The lowest BCUT2D eigenvalue weighted by Gasteiger charge is -2.21. The number of fused-ring (bicyclic) bond motifs is 1. The molecule has 0 saturated heterocycles. The van der Waals surface area contributed by atoms with Gasteiger partial charge in [0.05, 0.1) is 0 Å². The van der Waals surface area contributed by atoms with Crippen LogP contribution in [0.2, 0.25) is 0 Å². The molecule has 2 atom stereocenters. The van der Waals surface area contributed by atoms with Gasteiger partial charge in [0.25, 0.3) is 0 Å². The summed E-state index contributed by atoms with van der Waals surface area (Å²) < 4.78 is 2.27. The summed E-state index contributed by atoms with van der Waals surface area (Å²) in [5, 5.41) is 8.57. The fraction of sp³-hybridized carbons (Fsp3) is 0.833. The molecular formula is C12H22N4. The summed E-state index contributed by atoms with van der Waals surface area (Å²) in [6, 6.07) is 0.234. The van der Waals surface area contributed by atoms with Gasteiger partial charge in [-0.1, -0.05) is 20.3 Å². The summed E-state index contributed by atoms with van der Waals surface area (Å²) in [5.74, 6) is 2.98. The minimum absolute atomic E-state index is 0.234. The Bertz CT molecular complexity index is 345. The van der Waals surface area contributed by atoms with Crippen molar-refractivity contribution in [1.29, 1.82) is 0 Å². The van der Waals surface area contributed by atoms with E-state index < -0.39 is 0 Å². The van der Waals surface area contributed by atoms with E-state index in [4.69, 9.17) is 5.73 Å². The van der Waals surface area contributed by atoms with Crippen molar-refractivity contribution < 1.29 is 0 Å². The second-order valence-corrected chi connectivity index (χ2v) is 5.03. The molecular weight excluding hydrogens is 200 g/mol. The van der Waals surface area contributed by atoms with Gasteiger partial charge in [0.15, 0.2) is 0 Å². The molecule has 90 valence electrons. The lowest BCUT2D eigenvalue weighted by atomic mass is 10.00. The first-order chi connectivity index (χ1) is 7.70. The number of nitrogens with two attached hydrogens (primary N) is 1. The van der Waals surface area contributed by atoms with Crippen LogP contribution in [0, 0.1) is 5.92 Å². The van der Waals surface area contributed by atoms with Crippen LogP contribution in [0.25, 0.3) is 0 Å². The average molecular weight is 222 g/mol. The second kappa shape index (κ2) is 4.95. The van der Waals surface area contributed by atoms with Gasteiger partial charge in [-0.15, -0.1) is 10.2 Å². The molecule has 0 saturated carbocycles. The van der Waals surface area contributed by atoms with Crippen molar-refractivity contribution in [3.63, 3.8) is 0 Å². The third-order valence-corrected chi connectivity index (χ3v) is 3.38. The van der Waals surface area contributed by atoms with Crippen molar-refractivity contribution in [2.75, 3.05) is 0 Å². The van der Waals surface area contributed by atoms with Gasteiger partial charge in [-0.2, -0.15) is 0 Å². The van der Waals surface area contributed by atoms with E-state index in [-0.39, 0.29) is 6.04 Å². The molecule has 0 spiro atoms. The van der Waals surface area contributed by atoms with Gasteiger partial charge >= 0.3 is 0 Å². The summed E-state index contributed by atoms with van der Waals surface area (Å²) in [7, 11) is 0. The third-order valence-electron chi connectivity index (χ3n) is 3.38. The zero-order valence-electron chi connectivity index (χ0n) is 10.3. The van der Waals surface area contributed by atoms with Crippen LogP contribution in [0.3, 0.4) is 0 Å². The molecule has 0 fully saturated rings. The van der Waals surface area contributed by atoms with Gasteiger partial charge < -0.3 is 10.3 Å². The first kappa shape index (κ1) is 11.6. The van der Waals surface area contributed by atoms with Gasteiger partial charge in [0.2, 0.25) is 0 Å². The Balaban J connectivity index is 2.06. The van der Waals surface area contributed by atoms with E-state index in [1.54, 1.807) is 0 Å². The molecule has 2 N–H and O–H groups in total. The minimum atomic E-state index is 0.234. The third kappa shape index (κ3) is 2.43. The summed E-state index contributed by atoms with van der Waals surface area (Å²) in [5.41, 5.74) is 6.05. The van der Waals surface area contributed by atoms with E-state index in [9.17, 15) is 0 Å². The molecule has 1 aliphatic rings. The maximum Gasteiger partial charge on any atom is 0.134 e. The van der Waals surface area contributed by atoms with Crippen molar-refractivity contribution >= 4 is 0 Å². The SMILES string of the molecule is CCCC(N)Cc1nnc2n1CCC(C)C2. The van der Waals surface area contributed by atoms with Crippen LogP contribution in [0.15, 0.2) is 0 Å². The highest BCUT2D eigenvalue weighted by Crippen LogP contribution is 2.20. The van der Waals surface area contributed by atoms with Crippen LogP contribution < -0.4 is 5.73 Å². The molecule has 4 nitrogen and oxygen atoms in total. The number of hydrogen-bond acceptors (Lipinski definition) is 3. The fourth-order valence-corrected chi connectivity index (χ4v) is 2.40. The van der Waals surface area contributed by atoms with Crippen molar-refractivity contribution in [3.05, 3.63) is 11.6 Å². The van der Waals surface area contributed by atoms with E-state index in [2.05, 4.69) is 28.6 Å². The molecule has 2 rings (SSSR count). The Hall–Kier alpha value is -0.900. The van der Waals surface area contributed by atoms with Gasteiger partial charge in [-0.25, -0.2) is 0 Å². The molecule has 0 aliphatic carbocycles. The highest BCUT2D eigenvalue weighted by Gasteiger charge is 2.20. The van der Waals surface area contributed by atoms with Gasteiger partial charge in [0, 0.05) is 25.4 Å². The molecule has 0 aromatic carbocycles. The van der Waals surface area contributed by atoms with Crippen LogP contribution in [-0.2, 0) is 19.4 Å². The first-order valence-electron chi connectivity index (χ1n) is 6.37. The Morgan fingerprint density at radius 2 is 2.31 bits per heavy atom. The molecule has 0 bridgehead atoms. The molecule has 1 aromatic rings. The van der Waals surface area contributed by atoms with Crippen molar-refractivity contribution in [3.8, 4) is 0 Å². The minimum Gasteiger partial charge on any atom is -0.327 e. The van der Waals surface area contributed by atoms with Crippen LogP contribution in [0.5, 0.6) is 0 Å². The molecule has 0 radical (unpaired) electrons. The van der Waals surface area contributed by atoms with Crippen LogP contribution >= 0.6 is 0 Å². The molecule has 16 heavy (non-hydrogen) atoms. The van der Waals surface area contributed by atoms with Crippen LogP contribution in [-0.4, -0.2) is 20.8 Å². The zero-order chi connectivity index (χ0) is 11.5. The maximum absolute atomic E-state index is 6.05. The van der Waals surface area contributed by atoms with Gasteiger partial charge in [-0.05, 0) is 18.8 Å². The van der Waals surface area contributed by atoms with Crippen molar-refractivity contribution in [1.82, 2.24) is 14.8 Å². The summed E-state index contributed by atoms with van der Waals surface area (Å²) in [6.45, 7) is 5.51. The standard InChI is InChI=1S/C12H22N4/c1-3-4-10(13)8-12-15-14-11-7-9(2)5-6-16(11)12/h9-10H,3-8,13H2,1-2H3. The Morgan fingerprint density at radius 1 is 1.50 bits per heavy atom. The highest BCUT2D eigenvalue weighted by molar-refractivity contribution is 5.01. The van der Waals surface area contributed by atoms with E-state index in [1.807, 2.05) is 0 Å². The predicted octanol–water partition coefficient (Wildman–Crippen LogP) is 1.53. The smallest absolute Gasteiger partial charge is 0.134 e. The summed E-state index contributed by atoms with van der Waals surface area (Å²) in [6.07, 6.45) is 5.38. The quantitative estimate of drug-likeness (QED) is 0.840. The largest absolute Gasteiger partial charge is 0.327 e. The monoisotopic (exact) mass is 222 g/mol. The van der Waals surface area contributed by atoms with Crippen molar-refractivity contribution in [2.24, 2.45) is 11.7 Å². The average Bonchev–Trinajstić information content (AvgIpc) is 2.61. The van der Waals surface area contributed by atoms with E-state index in [0.29, 0.717) is 0 Å². The predicted molar refractivity (Wildman–Crippen MR) is 64.1 cm³/mol. The number of rotatable bonds is 4. The molecule has 0 amide bonds. The summed E-state index contributed by atoms with van der Waals surface area (Å²) >= 11 is 0. The van der Waals surface area contributed by atoms with E-state index >= 15 is 0 Å². The molecule has 1 aromatic heterocycles. The lowest BCUT2D eigenvalue weighted by Crippen LogP contribution is -2.26. The fourth-order valence-electron chi connectivity index (χ4n) is 2.40. The molecule has 2 heterocycles. The summed E-state index contributed by atoms with van der Waals surface area (Å²) in [4.78, 5) is 0. The Labute approximate surface area is 97.2 Å². The number of aromatic nitrogens is 3. The number of nitrogens with zero attached hydrogens (tertiary/aromatic N) is 3. The second-order valence-electron chi connectivity index (χ2n) is 5.03. The number of hydrogen-bond donors (Lipinski definition) is 1. The normalized spacial score (nSPS) is 21.8. The van der Waals surface area contributed by atoms with E-state index in [0.717, 1.165) is 49.8 Å². The van der Waals surface area contributed by atoms with E-state index in [1.165, 1.54) is 6.42 Å². The highest BCUT2D eigenvalue weighted by atomic mass is 15.3. The van der Waals surface area contributed by atoms with Gasteiger partial charge in [0.1, 0.15) is 11.6 Å². The van der Waals surface area contributed by atoms with Crippen LogP contribution in [0.1, 0.15) is 44.8 Å².